The van der Waals surface area contributed by atoms with Gasteiger partial charge in [-0.2, -0.15) is 26.3 Å². The lowest BCUT2D eigenvalue weighted by Gasteiger charge is -2.35. The maximum absolute atomic E-state index is 15.0. The first-order valence-corrected chi connectivity index (χ1v) is 16.9. The van der Waals surface area contributed by atoms with Gasteiger partial charge in [0.25, 0.3) is 0 Å². The van der Waals surface area contributed by atoms with Crippen LogP contribution in [0.5, 0.6) is 0 Å². The van der Waals surface area contributed by atoms with E-state index in [2.05, 4.69) is 10.2 Å². The van der Waals surface area contributed by atoms with Crippen LogP contribution in [-0.4, -0.2) is 53.8 Å². The van der Waals surface area contributed by atoms with Crippen LogP contribution in [0.1, 0.15) is 68.2 Å². The van der Waals surface area contributed by atoms with Gasteiger partial charge >= 0.3 is 12.4 Å². The number of nitrogens with one attached hydrogen (secondary N) is 1. The van der Waals surface area contributed by atoms with E-state index in [0.29, 0.717) is 18.3 Å². The van der Waals surface area contributed by atoms with E-state index >= 15 is 13.2 Å². The summed E-state index contributed by atoms with van der Waals surface area (Å²) in [6.45, 7) is 4.17. The molecule has 6 rings (SSSR count). The van der Waals surface area contributed by atoms with E-state index < -0.39 is 42.8 Å². The molecule has 2 aliphatic rings. The number of rotatable bonds is 11. The summed E-state index contributed by atoms with van der Waals surface area (Å²) < 4.78 is 96.0. The fourth-order valence-electron chi connectivity index (χ4n) is 7.71. The SMILES string of the molecule is CCN(CC1CCCC1)c1nc2ccccc2cc1CNC1OC(C)(C(c2ccccc2)C(F)(F)F)CN1C(c1ccccc1)C(F)(F)F. The van der Waals surface area contributed by atoms with Crippen LogP contribution >= 0.6 is 0 Å². The lowest BCUT2D eigenvalue weighted by molar-refractivity contribution is -0.212. The number of alkyl halides is 6. The van der Waals surface area contributed by atoms with Crippen LogP contribution in [0, 0.1) is 5.92 Å². The predicted octanol–water partition coefficient (Wildman–Crippen LogP) is 9.37. The van der Waals surface area contributed by atoms with Crippen LogP contribution in [0.25, 0.3) is 10.9 Å². The lowest BCUT2D eigenvalue weighted by Crippen LogP contribution is -2.48. The van der Waals surface area contributed by atoms with E-state index in [1.807, 2.05) is 37.3 Å². The van der Waals surface area contributed by atoms with Crippen LogP contribution in [0.15, 0.2) is 91.0 Å². The zero-order valence-corrected chi connectivity index (χ0v) is 27.6. The topological polar surface area (TPSA) is 40.6 Å². The van der Waals surface area contributed by atoms with Crippen molar-refractivity contribution >= 4 is 16.7 Å². The normalized spacial score (nSPS) is 22.1. The highest BCUT2D eigenvalue weighted by Crippen LogP contribution is 2.51. The number of para-hydroxylation sites is 1. The smallest absolute Gasteiger partial charge is 0.356 e. The van der Waals surface area contributed by atoms with Crippen molar-refractivity contribution in [3.63, 3.8) is 0 Å². The number of hydrogen-bond donors (Lipinski definition) is 1. The Morgan fingerprint density at radius 3 is 2.10 bits per heavy atom. The van der Waals surface area contributed by atoms with E-state index in [1.165, 1.54) is 68.3 Å². The number of ether oxygens (including phenoxy) is 1. The Labute approximate surface area is 283 Å². The summed E-state index contributed by atoms with van der Waals surface area (Å²) in [6.07, 6.45) is -6.50. The molecule has 4 aromatic rings. The zero-order chi connectivity index (χ0) is 34.8. The van der Waals surface area contributed by atoms with Crippen LogP contribution < -0.4 is 10.2 Å². The van der Waals surface area contributed by atoms with Gasteiger partial charge in [-0.1, -0.05) is 91.7 Å². The number of hydrogen-bond acceptors (Lipinski definition) is 5. The number of nitrogens with zero attached hydrogens (tertiary/aromatic N) is 3. The summed E-state index contributed by atoms with van der Waals surface area (Å²) in [4.78, 5) is 8.20. The largest absolute Gasteiger partial charge is 0.408 e. The second kappa shape index (κ2) is 14.3. The Morgan fingerprint density at radius 2 is 1.49 bits per heavy atom. The molecule has 1 aliphatic carbocycles. The fourth-order valence-corrected chi connectivity index (χ4v) is 7.71. The van der Waals surface area contributed by atoms with Crippen molar-refractivity contribution in [2.45, 2.75) is 82.3 Å². The molecule has 4 unspecified atom stereocenters. The van der Waals surface area contributed by atoms with Crippen molar-refractivity contribution in [3.8, 4) is 0 Å². The zero-order valence-electron chi connectivity index (χ0n) is 27.6. The quantitative estimate of drug-likeness (QED) is 0.160. The molecule has 4 atom stereocenters. The van der Waals surface area contributed by atoms with Crippen molar-refractivity contribution in [3.05, 3.63) is 108 Å². The van der Waals surface area contributed by atoms with Crippen molar-refractivity contribution in [1.82, 2.24) is 15.2 Å². The van der Waals surface area contributed by atoms with Gasteiger partial charge in [0, 0.05) is 37.1 Å². The predicted molar refractivity (Wildman–Crippen MR) is 179 cm³/mol. The third-order valence-corrected chi connectivity index (χ3v) is 9.89. The number of pyridine rings is 1. The summed E-state index contributed by atoms with van der Waals surface area (Å²) in [6, 6.07) is 21.9. The van der Waals surface area contributed by atoms with Crippen LogP contribution in [0.3, 0.4) is 0 Å². The molecular formula is C38H42F6N4O. The van der Waals surface area contributed by atoms with Gasteiger partial charge in [-0.15, -0.1) is 0 Å². The first-order chi connectivity index (χ1) is 23.4. The van der Waals surface area contributed by atoms with E-state index in [4.69, 9.17) is 9.72 Å². The molecule has 3 aromatic carbocycles. The second-order valence-corrected chi connectivity index (χ2v) is 13.4. The lowest BCUT2D eigenvalue weighted by atomic mass is 9.82. The molecule has 0 radical (unpaired) electrons. The van der Waals surface area contributed by atoms with E-state index in [0.717, 1.165) is 40.8 Å². The van der Waals surface area contributed by atoms with E-state index in [9.17, 15) is 13.2 Å². The monoisotopic (exact) mass is 684 g/mol. The molecule has 0 spiro atoms. The minimum atomic E-state index is -4.81. The standard InChI is InChI=1S/C38H42F6N4O/c1-3-47(24-26-14-10-11-15-26)34-30(22-29-20-12-13-21-31(29)46-34)23-45-35-48(33(38(42,43)44)28-18-8-5-9-19-28)25-36(2,49-35)32(37(39,40)41)27-16-6-4-7-17-27/h4-9,12-13,16-22,26,32-33,35,45H,3,10-11,14-15,23-25H2,1-2H3. The van der Waals surface area contributed by atoms with Crippen LogP contribution in [0.4, 0.5) is 32.2 Å². The first kappa shape index (κ1) is 35.2. The number of anilines is 1. The van der Waals surface area contributed by atoms with Gasteiger partial charge in [0.1, 0.15) is 17.8 Å². The average Bonchev–Trinajstić information content (AvgIpc) is 3.69. The summed E-state index contributed by atoms with van der Waals surface area (Å²) in [5.74, 6) is -0.958. The summed E-state index contributed by atoms with van der Waals surface area (Å²) in [5.41, 5.74) is -0.700. The van der Waals surface area contributed by atoms with Gasteiger partial charge in [0.15, 0.2) is 6.35 Å². The van der Waals surface area contributed by atoms with Crippen molar-refractivity contribution < 1.29 is 31.1 Å². The highest BCUT2D eigenvalue weighted by atomic mass is 19.4. The third kappa shape index (κ3) is 7.74. The van der Waals surface area contributed by atoms with Gasteiger partial charge in [-0.05, 0) is 55.9 Å². The van der Waals surface area contributed by atoms with Gasteiger partial charge in [-0.3, -0.25) is 5.32 Å². The van der Waals surface area contributed by atoms with Crippen LogP contribution in [0.2, 0.25) is 0 Å². The van der Waals surface area contributed by atoms with E-state index in [-0.39, 0.29) is 17.7 Å². The first-order valence-electron chi connectivity index (χ1n) is 16.9. The summed E-state index contributed by atoms with van der Waals surface area (Å²) in [5, 5.41) is 3.99. The van der Waals surface area contributed by atoms with Crippen LogP contribution in [-0.2, 0) is 11.3 Å². The molecule has 1 saturated heterocycles. The number of benzene rings is 3. The van der Waals surface area contributed by atoms with Gasteiger partial charge < -0.3 is 9.64 Å². The summed E-state index contributed by atoms with van der Waals surface area (Å²) >= 11 is 0. The molecular weight excluding hydrogens is 642 g/mol. The molecule has 2 heterocycles. The minimum absolute atomic E-state index is 0.0208. The van der Waals surface area contributed by atoms with E-state index in [1.54, 1.807) is 12.1 Å². The Morgan fingerprint density at radius 1 is 0.878 bits per heavy atom. The molecule has 262 valence electrons. The van der Waals surface area contributed by atoms with Crippen molar-refractivity contribution in [2.75, 3.05) is 24.5 Å². The highest BCUT2D eigenvalue weighted by Gasteiger charge is 2.61. The maximum Gasteiger partial charge on any atom is 0.408 e. The average molecular weight is 685 g/mol. The van der Waals surface area contributed by atoms with Crippen molar-refractivity contribution in [2.24, 2.45) is 5.92 Å². The fraction of sp³-hybridized carbons (Fsp3) is 0.447. The van der Waals surface area contributed by atoms with Crippen molar-refractivity contribution in [1.29, 1.82) is 0 Å². The number of fused-ring (bicyclic) bond motifs is 1. The summed E-state index contributed by atoms with van der Waals surface area (Å²) in [7, 11) is 0. The van der Waals surface area contributed by atoms with Gasteiger partial charge in [0.2, 0.25) is 0 Å². The molecule has 2 fully saturated rings. The highest BCUT2D eigenvalue weighted by molar-refractivity contribution is 5.81. The van der Waals surface area contributed by atoms with Gasteiger partial charge in [-0.25, -0.2) is 9.88 Å². The third-order valence-electron chi connectivity index (χ3n) is 9.89. The molecule has 5 nitrogen and oxygen atoms in total. The molecule has 1 aliphatic heterocycles. The number of halogens is 6. The Hall–Kier alpha value is -3.67. The Bertz CT molecular complexity index is 1680. The molecule has 11 heteroatoms. The maximum atomic E-state index is 15.0. The second-order valence-electron chi connectivity index (χ2n) is 13.4. The molecule has 49 heavy (non-hydrogen) atoms. The molecule has 1 N–H and O–H groups in total. The Kier molecular flexibility index (Phi) is 10.3. The van der Waals surface area contributed by atoms with Gasteiger partial charge in [0.05, 0.1) is 11.1 Å². The minimum Gasteiger partial charge on any atom is -0.356 e. The molecule has 1 saturated carbocycles. The molecule has 0 amide bonds. The number of aromatic nitrogens is 1. The Balaban J connectivity index is 1.40. The molecule has 1 aromatic heterocycles. The molecule has 0 bridgehead atoms.